The van der Waals surface area contributed by atoms with Crippen LogP contribution in [0.25, 0.3) is 0 Å². The van der Waals surface area contributed by atoms with Crippen molar-refractivity contribution < 1.29 is 9.84 Å². The highest BCUT2D eigenvalue weighted by atomic mass is 16.5. The number of hydrogen-bond donors (Lipinski definition) is 1. The number of hydrogen-bond acceptors (Lipinski definition) is 3. The van der Waals surface area contributed by atoms with E-state index in [-0.39, 0.29) is 0 Å². The van der Waals surface area contributed by atoms with Crippen molar-refractivity contribution in [3.05, 3.63) is 48.3 Å². The first kappa shape index (κ1) is 15.6. The van der Waals surface area contributed by atoms with Crippen LogP contribution in [0.15, 0.2) is 42.6 Å². The normalized spacial score (nSPS) is 13.9. The van der Waals surface area contributed by atoms with Gasteiger partial charge in [-0.25, -0.2) is 0 Å². The van der Waals surface area contributed by atoms with Crippen LogP contribution in [0.5, 0.6) is 5.75 Å². The van der Waals surface area contributed by atoms with Crippen LogP contribution in [0.2, 0.25) is 0 Å². The fourth-order valence-corrected chi connectivity index (χ4v) is 2.09. The molecule has 1 heterocycles. The maximum Gasteiger partial charge on any atom is 0.119 e. The number of aliphatic hydroxyl groups is 1. The van der Waals surface area contributed by atoms with Crippen LogP contribution in [-0.2, 0) is 6.42 Å². The lowest BCUT2D eigenvalue weighted by atomic mass is 10.1. The molecule has 0 radical (unpaired) electrons. The molecule has 0 amide bonds. The number of aliphatic hydroxyl groups excluding tert-OH is 1. The lowest BCUT2D eigenvalue weighted by Crippen LogP contribution is -2.15. The van der Waals surface area contributed by atoms with Gasteiger partial charge in [0.1, 0.15) is 5.75 Å². The third-order valence-electron chi connectivity index (χ3n) is 3.61. The van der Waals surface area contributed by atoms with E-state index in [1.807, 2.05) is 47.3 Å². The standard InChI is InChI=1S/C17H24N2O2/c1-3-14(2)19-11-9-15(18-19)13-16(20)10-12-21-17-7-5-4-6-8-17/h4-9,11,14,16,20H,3,10,12-13H2,1-2H3. The number of nitrogens with zero attached hydrogens (tertiary/aromatic N) is 2. The minimum absolute atomic E-state index is 0.400. The Hall–Kier alpha value is -1.81. The zero-order chi connectivity index (χ0) is 15.1. The molecular weight excluding hydrogens is 264 g/mol. The zero-order valence-corrected chi connectivity index (χ0v) is 12.8. The molecule has 0 saturated carbocycles. The molecule has 0 spiro atoms. The van der Waals surface area contributed by atoms with Gasteiger partial charge in [0.25, 0.3) is 0 Å². The van der Waals surface area contributed by atoms with Crippen LogP contribution in [0.1, 0.15) is 38.4 Å². The number of rotatable bonds is 8. The Morgan fingerprint density at radius 1 is 1.24 bits per heavy atom. The van der Waals surface area contributed by atoms with Gasteiger partial charge in [0.2, 0.25) is 0 Å². The second-order valence-electron chi connectivity index (χ2n) is 5.35. The molecular formula is C17H24N2O2. The molecule has 0 aliphatic rings. The first-order valence-electron chi connectivity index (χ1n) is 7.59. The summed E-state index contributed by atoms with van der Waals surface area (Å²) in [6.07, 6.45) is 3.78. The quantitative estimate of drug-likeness (QED) is 0.811. The van der Waals surface area contributed by atoms with Crippen molar-refractivity contribution in [1.82, 2.24) is 9.78 Å². The summed E-state index contributed by atoms with van der Waals surface area (Å²) in [5.74, 6) is 0.839. The van der Waals surface area contributed by atoms with E-state index in [4.69, 9.17) is 4.74 Å². The Labute approximate surface area is 126 Å². The van der Waals surface area contributed by atoms with Gasteiger partial charge >= 0.3 is 0 Å². The molecule has 2 atom stereocenters. The Morgan fingerprint density at radius 3 is 2.71 bits per heavy atom. The summed E-state index contributed by atoms with van der Waals surface area (Å²) in [4.78, 5) is 0. The van der Waals surface area contributed by atoms with Crippen molar-refractivity contribution >= 4 is 0 Å². The number of benzene rings is 1. The Bertz CT molecular complexity index is 525. The Morgan fingerprint density at radius 2 is 2.00 bits per heavy atom. The van der Waals surface area contributed by atoms with E-state index < -0.39 is 6.10 Å². The highest BCUT2D eigenvalue weighted by Crippen LogP contribution is 2.12. The second kappa shape index (κ2) is 7.84. The summed E-state index contributed by atoms with van der Waals surface area (Å²) >= 11 is 0. The van der Waals surface area contributed by atoms with Crippen molar-refractivity contribution in [3.8, 4) is 5.75 Å². The van der Waals surface area contributed by atoms with Gasteiger partial charge in [-0.15, -0.1) is 0 Å². The smallest absolute Gasteiger partial charge is 0.119 e. The van der Waals surface area contributed by atoms with Crippen molar-refractivity contribution in [2.24, 2.45) is 0 Å². The summed E-state index contributed by atoms with van der Waals surface area (Å²) < 4.78 is 7.55. The third-order valence-corrected chi connectivity index (χ3v) is 3.61. The van der Waals surface area contributed by atoms with E-state index in [1.165, 1.54) is 0 Å². The minimum Gasteiger partial charge on any atom is -0.493 e. The van der Waals surface area contributed by atoms with Crippen LogP contribution in [0.3, 0.4) is 0 Å². The molecule has 2 aromatic rings. The van der Waals surface area contributed by atoms with Gasteiger partial charge < -0.3 is 9.84 Å². The van der Waals surface area contributed by atoms with Gasteiger partial charge in [-0.1, -0.05) is 25.1 Å². The Kier molecular flexibility index (Phi) is 5.81. The molecule has 2 rings (SSSR count). The SMILES string of the molecule is CCC(C)n1ccc(CC(O)CCOc2ccccc2)n1. The van der Waals surface area contributed by atoms with Crippen LogP contribution >= 0.6 is 0 Å². The second-order valence-corrected chi connectivity index (χ2v) is 5.35. The molecule has 1 aromatic heterocycles. The summed E-state index contributed by atoms with van der Waals surface area (Å²) in [5.41, 5.74) is 0.933. The van der Waals surface area contributed by atoms with Gasteiger partial charge in [0.05, 0.1) is 18.4 Å². The van der Waals surface area contributed by atoms with E-state index in [0.717, 1.165) is 17.9 Å². The first-order valence-corrected chi connectivity index (χ1v) is 7.59. The van der Waals surface area contributed by atoms with Crippen molar-refractivity contribution in [3.63, 3.8) is 0 Å². The van der Waals surface area contributed by atoms with Crippen LogP contribution in [0, 0.1) is 0 Å². The first-order chi connectivity index (χ1) is 10.2. The van der Waals surface area contributed by atoms with Gasteiger partial charge in [0, 0.05) is 25.1 Å². The van der Waals surface area contributed by atoms with E-state index in [0.29, 0.717) is 25.5 Å². The predicted molar refractivity (Wildman–Crippen MR) is 83.5 cm³/mol. The molecule has 4 nitrogen and oxygen atoms in total. The van der Waals surface area contributed by atoms with Crippen molar-refractivity contribution in [2.75, 3.05) is 6.61 Å². The maximum absolute atomic E-state index is 10.1. The van der Waals surface area contributed by atoms with Crippen LogP contribution in [0.4, 0.5) is 0 Å². The fourth-order valence-electron chi connectivity index (χ4n) is 2.09. The largest absolute Gasteiger partial charge is 0.493 e. The summed E-state index contributed by atoms with van der Waals surface area (Å²) in [6.45, 7) is 4.79. The number of aromatic nitrogens is 2. The molecule has 0 bridgehead atoms. The van der Waals surface area contributed by atoms with Gasteiger partial charge in [-0.2, -0.15) is 5.10 Å². The van der Waals surface area contributed by atoms with Gasteiger partial charge in [0.15, 0.2) is 0 Å². The summed E-state index contributed by atoms with van der Waals surface area (Å²) in [6, 6.07) is 12.0. The highest BCUT2D eigenvalue weighted by molar-refractivity contribution is 5.20. The monoisotopic (exact) mass is 288 g/mol. The molecule has 2 unspecified atom stereocenters. The van der Waals surface area contributed by atoms with Crippen molar-refractivity contribution in [2.45, 2.75) is 45.3 Å². The molecule has 0 fully saturated rings. The zero-order valence-electron chi connectivity index (χ0n) is 12.8. The highest BCUT2D eigenvalue weighted by Gasteiger charge is 2.10. The van der Waals surface area contributed by atoms with Crippen LogP contribution < -0.4 is 4.74 Å². The topological polar surface area (TPSA) is 47.3 Å². The van der Waals surface area contributed by atoms with Gasteiger partial charge in [-0.3, -0.25) is 4.68 Å². The number of para-hydroxylation sites is 1. The summed E-state index contributed by atoms with van der Waals surface area (Å²) in [7, 11) is 0. The molecule has 114 valence electrons. The fraction of sp³-hybridized carbons (Fsp3) is 0.471. The molecule has 4 heteroatoms. The van der Waals surface area contributed by atoms with E-state index >= 15 is 0 Å². The molecule has 21 heavy (non-hydrogen) atoms. The third kappa shape index (κ3) is 4.90. The van der Waals surface area contributed by atoms with Crippen LogP contribution in [-0.4, -0.2) is 27.6 Å². The number of ether oxygens (including phenoxy) is 1. The minimum atomic E-state index is -0.422. The summed E-state index contributed by atoms with van der Waals surface area (Å²) in [5, 5.41) is 14.6. The van der Waals surface area contributed by atoms with E-state index in [1.54, 1.807) is 0 Å². The molecule has 1 aromatic carbocycles. The lowest BCUT2D eigenvalue weighted by molar-refractivity contribution is 0.138. The molecule has 0 aliphatic carbocycles. The predicted octanol–water partition coefficient (Wildman–Crippen LogP) is 3.23. The average molecular weight is 288 g/mol. The molecule has 0 aliphatic heterocycles. The molecule has 0 saturated heterocycles. The van der Waals surface area contributed by atoms with Gasteiger partial charge in [-0.05, 0) is 31.5 Å². The lowest BCUT2D eigenvalue weighted by Gasteiger charge is -2.11. The molecule has 1 N–H and O–H groups in total. The maximum atomic E-state index is 10.1. The Balaban J connectivity index is 1.74. The van der Waals surface area contributed by atoms with Crippen molar-refractivity contribution in [1.29, 1.82) is 0 Å². The van der Waals surface area contributed by atoms with E-state index in [9.17, 15) is 5.11 Å². The average Bonchev–Trinajstić information content (AvgIpc) is 2.96. The van der Waals surface area contributed by atoms with E-state index in [2.05, 4.69) is 18.9 Å².